The molecule has 0 saturated carbocycles. The zero-order valence-electron chi connectivity index (χ0n) is 20.1. The molecule has 0 bridgehead atoms. The Labute approximate surface area is 233 Å². The Morgan fingerprint density at radius 2 is 1.71 bits per heavy atom. The van der Waals surface area contributed by atoms with Crippen molar-refractivity contribution in [2.24, 2.45) is 0 Å². The van der Waals surface area contributed by atoms with Crippen LogP contribution in [0.5, 0.6) is 23.0 Å². The third-order valence-corrected chi connectivity index (χ3v) is 7.19. The van der Waals surface area contributed by atoms with Crippen molar-refractivity contribution < 1.29 is 23.7 Å². The molecule has 38 heavy (non-hydrogen) atoms. The Morgan fingerprint density at radius 1 is 0.921 bits per heavy atom. The van der Waals surface area contributed by atoms with Gasteiger partial charge in [-0.1, -0.05) is 48.0 Å². The standard InChI is InChI=1S/C30H21BrClNO5/c31-30-22(5-2-6-24(30)21-7-8-26-29(13-21)36-10-9-35-26)18-38-28-14-27(23(16-34)12-25(28)32)37-17-20-4-1-3-19(11-20)15-33/h1-8,11-14,16H,9-10,17-18H2. The van der Waals surface area contributed by atoms with Crippen molar-refractivity contribution >= 4 is 33.8 Å². The number of halogens is 2. The van der Waals surface area contributed by atoms with E-state index < -0.39 is 0 Å². The zero-order valence-corrected chi connectivity index (χ0v) is 22.4. The van der Waals surface area contributed by atoms with Gasteiger partial charge in [-0.2, -0.15) is 5.26 Å². The molecule has 6 nitrogen and oxygen atoms in total. The van der Waals surface area contributed by atoms with Crippen molar-refractivity contribution in [1.29, 1.82) is 5.26 Å². The van der Waals surface area contributed by atoms with Crippen molar-refractivity contribution in [2.45, 2.75) is 13.2 Å². The second-order valence-electron chi connectivity index (χ2n) is 8.46. The monoisotopic (exact) mass is 589 g/mol. The van der Waals surface area contributed by atoms with Crippen molar-refractivity contribution in [2.75, 3.05) is 13.2 Å². The molecule has 4 aromatic carbocycles. The van der Waals surface area contributed by atoms with Crippen LogP contribution >= 0.6 is 27.5 Å². The summed E-state index contributed by atoms with van der Waals surface area (Å²) < 4.78 is 24.2. The van der Waals surface area contributed by atoms with Gasteiger partial charge in [0.2, 0.25) is 0 Å². The number of rotatable bonds is 8. The molecular weight excluding hydrogens is 570 g/mol. The number of carbonyl (C=O) groups excluding carboxylic acids is 1. The quantitative estimate of drug-likeness (QED) is 0.199. The van der Waals surface area contributed by atoms with Gasteiger partial charge in [0.1, 0.15) is 37.9 Å². The molecule has 1 aliphatic rings. The second-order valence-corrected chi connectivity index (χ2v) is 9.67. The van der Waals surface area contributed by atoms with Crippen LogP contribution in [0.4, 0.5) is 0 Å². The molecule has 5 rings (SSSR count). The fourth-order valence-corrected chi connectivity index (χ4v) is 4.88. The van der Waals surface area contributed by atoms with Gasteiger partial charge >= 0.3 is 0 Å². The van der Waals surface area contributed by atoms with E-state index in [1.807, 2.05) is 42.5 Å². The van der Waals surface area contributed by atoms with Gasteiger partial charge in [0.15, 0.2) is 17.8 Å². The minimum Gasteiger partial charge on any atom is -0.488 e. The first-order valence-corrected chi connectivity index (χ1v) is 12.9. The lowest BCUT2D eigenvalue weighted by Gasteiger charge is -2.19. The van der Waals surface area contributed by atoms with Crippen LogP contribution in [0.25, 0.3) is 11.1 Å². The lowest BCUT2D eigenvalue weighted by atomic mass is 10.0. The number of hydrogen-bond donors (Lipinski definition) is 0. The van der Waals surface area contributed by atoms with Crippen LogP contribution in [0.15, 0.2) is 77.3 Å². The van der Waals surface area contributed by atoms with E-state index in [2.05, 4.69) is 22.0 Å². The van der Waals surface area contributed by atoms with Crippen LogP contribution in [0.1, 0.15) is 27.0 Å². The number of benzene rings is 4. The van der Waals surface area contributed by atoms with Crippen molar-refractivity contribution in [1.82, 2.24) is 0 Å². The lowest BCUT2D eigenvalue weighted by molar-refractivity contribution is 0.111. The summed E-state index contributed by atoms with van der Waals surface area (Å²) in [5.41, 5.74) is 4.51. The number of fused-ring (bicyclic) bond motifs is 1. The van der Waals surface area contributed by atoms with Gasteiger partial charge in [-0.05, 0) is 63.0 Å². The maximum absolute atomic E-state index is 11.6. The van der Waals surface area contributed by atoms with E-state index in [-0.39, 0.29) is 13.2 Å². The Bertz CT molecular complexity index is 1550. The number of nitrogens with zero attached hydrogens (tertiary/aromatic N) is 1. The predicted octanol–water partition coefficient (Wildman–Crippen LogP) is 7.38. The van der Waals surface area contributed by atoms with Gasteiger partial charge in [0, 0.05) is 16.1 Å². The fourth-order valence-electron chi connectivity index (χ4n) is 4.05. The molecule has 0 aromatic heterocycles. The highest BCUT2D eigenvalue weighted by Crippen LogP contribution is 2.39. The lowest BCUT2D eigenvalue weighted by Crippen LogP contribution is -2.15. The third kappa shape index (κ3) is 5.62. The highest BCUT2D eigenvalue weighted by atomic mass is 79.9. The van der Waals surface area contributed by atoms with E-state index in [9.17, 15) is 4.79 Å². The summed E-state index contributed by atoms with van der Waals surface area (Å²) in [6.07, 6.45) is 0.685. The largest absolute Gasteiger partial charge is 0.488 e. The van der Waals surface area contributed by atoms with Crippen molar-refractivity contribution in [3.05, 3.63) is 105 Å². The topological polar surface area (TPSA) is 77.8 Å². The van der Waals surface area contributed by atoms with Gasteiger partial charge in [0.05, 0.1) is 22.2 Å². The van der Waals surface area contributed by atoms with E-state index in [4.69, 9.17) is 35.8 Å². The van der Waals surface area contributed by atoms with Crippen LogP contribution in [0.3, 0.4) is 0 Å². The maximum atomic E-state index is 11.6. The van der Waals surface area contributed by atoms with Gasteiger partial charge < -0.3 is 18.9 Å². The molecule has 1 aliphatic heterocycles. The van der Waals surface area contributed by atoms with E-state index in [0.717, 1.165) is 38.2 Å². The molecule has 0 amide bonds. The molecule has 4 aromatic rings. The number of hydrogen-bond acceptors (Lipinski definition) is 6. The summed E-state index contributed by atoms with van der Waals surface area (Å²) in [6, 6.07) is 24.1. The first-order valence-electron chi connectivity index (χ1n) is 11.8. The Hall–Kier alpha value is -3.99. The molecule has 0 radical (unpaired) electrons. The van der Waals surface area contributed by atoms with Gasteiger partial charge in [-0.3, -0.25) is 4.79 Å². The molecule has 0 fully saturated rings. The summed E-state index contributed by atoms with van der Waals surface area (Å²) in [5, 5.41) is 9.41. The molecule has 0 N–H and O–H groups in total. The maximum Gasteiger partial charge on any atom is 0.161 e. The summed E-state index contributed by atoms with van der Waals surface area (Å²) in [5.74, 6) is 2.18. The molecule has 0 atom stereocenters. The summed E-state index contributed by atoms with van der Waals surface area (Å²) >= 11 is 10.2. The first kappa shape index (κ1) is 25.7. The Balaban J connectivity index is 1.35. The molecule has 190 valence electrons. The number of ether oxygens (including phenoxy) is 4. The van der Waals surface area contributed by atoms with Crippen molar-refractivity contribution in [3.63, 3.8) is 0 Å². The highest BCUT2D eigenvalue weighted by molar-refractivity contribution is 9.10. The van der Waals surface area contributed by atoms with E-state index in [1.165, 1.54) is 6.07 Å². The molecule has 0 aliphatic carbocycles. The SMILES string of the molecule is N#Cc1cccc(COc2cc(OCc3cccc(-c4ccc5c(c4)OCCO5)c3Br)c(Cl)cc2C=O)c1. The zero-order chi connectivity index (χ0) is 26.5. The van der Waals surface area contributed by atoms with Gasteiger partial charge in [-0.15, -0.1) is 0 Å². The van der Waals surface area contributed by atoms with Crippen LogP contribution < -0.4 is 18.9 Å². The molecule has 0 spiro atoms. The molecule has 8 heteroatoms. The molecule has 0 saturated heterocycles. The predicted molar refractivity (Wildman–Crippen MR) is 147 cm³/mol. The smallest absolute Gasteiger partial charge is 0.161 e. The average molecular weight is 591 g/mol. The van der Waals surface area contributed by atoms with Crippen LogP contribution in [0.2, 0.25) is 5.02 Å². The van der Waals surface area contributed by atoms with Crippen LogP contribution in [-0.4, -0.2) is 19.5 Å². The van der Waals surface area contributed by atoms with Gasteiger partial charge in [0.25, 0.3) is 0 Å². The normalized spacial score (nSPS) is 11.9. The van der Waals surface area contributed by atoms with Crippen molar-refractivity contribution in [3.8, 4) is 40.2 Å². The molecular formula is C30H21BrClNO5. The average Bonchev–Trinajstić information content (AvgIpc) is 2.96. The number of aldehydes is 1. The van der Waals surface area contributed by atoms with E-state index in [0.29, 0.717) is 47.1 Å². The van der Waals surface area contributed by atoms with E-state index in [1.54, 1.807) is 24.3 Å². The Morgan fingerprint density at radius 3 is 2.53 bits per heavy atom. The summed E-state index contributed by atoms with van der Waals surface area (Å²) in [6.45, 7) is 1.47. The molecule has 0 unspecified atom stereocenters. The summed E-state index contributed by atoms with van der Waals surface area (Å²) in [4.78, 5) is 11.6. The first-order chi connectivity index (χ1) is 18.6. The molecule has 1 heterocycles. The fraction of sp³-hybridized carbons (Fsp3) is 0.133. The third-order valence-electron chi connectivity index (χ3n) is 5.96. The number of carbonyl (C=O) groups is 1. The number of nitriles is 1. The Kier molecular flexibility index (Phi) is 7.83. The van der Waals surface area contributed by atoms with Gasteiger partial charge in [-0.25, -0.2) is 0 Å². The minimum atomic E-state index is 0.181. The van der Waals surface area contributed by atoms with E-state index >= 15 is 0 Å². The highest BCUT2D eigenvalue weighted by Gasteiger charge is 2.16. The van der Waals surface area contributed by atoms with Crippen LogP contribution in [0, 0.1) is 11.3 Å². The minimum absolute atomic E-state index is 0.181. The second kappa shape index (κ2) is 11.6. The summed E-state index contributed by atoms with van der Waals surface area (Å²) in [7, 11) is 0. The van der Waals surface area contributed by atoms with Crippen LogP contribution in [-0.2, 0) is 13.2 Å².